The van der Waals surface area contributed by atoms with E-state index < -0.39 is 36.1 Å². The number of nitrogens with one attached hydrogen (secondary N) is 1. The second-order valence-electron chi connectivity index (χ2n) is 8.58. The Morgan fingerprint density at radius 1 is 1.26 bits per heavy atom. The van der Waals surface area contributed by atoms with Crippen LogP contribution in [0.25, 0.3) is 0 Å². The molecule has 2 atom stereocenters. The maximum Gasteiger partial charge on any atom is 0.573 e. The number of unbranched alkanes of at least 4 members (excludes halogenated alkanes) is 1. The van der Waals surface area contributed by atoms with Gasteiger partial charge in [-0.25, -0.2) is 0 Å². The Morgan fingerprint density at radius 3 is 2.58 bits per heavy atom. The first-order chi connectivity index (χ1) is 18.0. The number of amidine groups is 1. The van der Waals surface area contributed by atoms with E-state index in [1.165, 1.54) is 0 Å². The standard InChI is InChI=1S/C25H28ClF3N4O5/c1-2-3-10-37-32-22(30)16-6-4-15(5-7-16)14-31-23(35)20-8-9-33(20)24(36)21(34)17-11-18(26)13-19(12-17)38-25(27,28)29/h4-7,11-13,20-21,34H,2-3,8-10,14H2,1H3,(H2,30,32)(H,31,35)/t20-,21+/m0/s1. The number of rotatable bonds is 11. The predicted octanol–water partition coefficient (Wildman–Crippen LogP) is 3.63. The zero-order chi connectivity index (χ0) is 27.9. The first-order valence-electron chi connectivity index (χ1n) is 11.9. The molecule has 2 aromatic rings. The third kappa shape index (κ3) is 7.99. The topological polar surface area (TPSA) is 126 Å². The number of carbonyl (C=O) groups excluding carboxylic acids is 2. The number of hydrogen-bond acceptors (Lipinski definition) is 6. The number of hydrogen-bond donors (Lipinski definition) is 3. The number of alkyl halides is 3. The third-order valence-electron chi connectivity index (χ3n) is 5.75. The normalized spacial score (nSPS) is 16.4. The molecule has 0 unspecified atom stereocenters. The molecule has 13 heteroatoms. The first kappa shape index (κ1) is 29.1. The number of nitrogens with two attached hydrogens (primary N) is 1. The third-order valence-corrected chi connectivity index (χ3v) is 5.97. The Bertz CT molecular complexity index is 1160. The number of benzene rings is 2. The van der Waals surface area contributed by atoms with Crippen molar-refractivity contribution in [3.8, 4) is 5.75 Å². The second-order valence-corrected chi connectivity index (χ2v) is 9.02. The highest BCUT2D eigenvalue weighted by molar-refractivity contribution is 6.30. The number of oxime groups is 1. The van der Waals surface area contributed by atoms with Crippen LogP contribution in [0.1, 0.15) is 49.0 Å². The fourth-order valence-corrected chi connectivity index (χ4v) is 3.87. The van der Waals surface area contributed by atoms with Crippen molar-refractivity contribution in [2.75, 3.05) is 13.2 Å². The van der Waals surface area contributed by atoms with Gasteiger partial charge in [-0.05, 0) is 42.2 Å². The van der Waals surface area contributed by atoms with Gasteiger partial charge in [-0.3, -0.25) is 9.59 Å². The molecule has 1 fully saturated rings. The maximum absolute atomic E-state index is 12.8. The lowest BCUT2D eigenvalue weighted by molar-refractivity contribution is -0.274. The fraction of sp³-hybridized carbons (Fsp3) is 0.400. The smallest absolute Gasteiger partial charge is 0.406 e. The van der Waals surface area contributed by atoms with Crippen molar-refractivity contribution >= 4 is 29.3 Å². The molecule has 0 bridgehead atoms. The summed E-state index contributed by atoms with van der Waals surface area (Å²) in [6, 6.07) is 9.10. The molecule has 1 saturated heterocycles. The van der Waals surface area contributed by atoms with E-state index in [-0.39, 0.29) is 29.5 Å². The summed E-state index contributed by atoms with van der Waals surface area (Å²) in [6.07, 6.45) is -4.58. The molecule has 9 nitrogen and oxygen atoms in total. The van der Waals surface area contributed by atoms with E-state index in [1.54, 1.807) is 24.3 Å². The summed E-state index contributed by atoms with van der Waals surface area (Å²) >= 11 is 5.83. The summed E-state index contributed by atoms with van der Waals surface area (Å²) in [5.41, 5.74) is 7.14. The number of amides is 2. The highest BCUT2D eigenvalue weighted by Crippen LogP contribution is 2.31. The van der Waals surface area contributed by atoms with Gasteiger partial charge in [-0.1, -0.05) is 54.4 Å². The monoisotopic (exact) mass is 556 g/mol. The van der Waals surface area contributed by atoms with Crippen LogP contribution in [0, 0.1) is 0 Å². The molecule has 4 N–H and O–H groups in total. The van der Waals surface area contributed by atoms with Crippen molar-refractivity contribution in [1.29, 1.82) is 0 Å². The molecule has 1 aliphatic rings. The number of halogens is 4. The van der Waals surface area contributed by atoms with Crippen molar-refractivity contribution < 1.29 is 37.4 Å². The molecule has 3 rings (SSSR count). The van der Waals surface area contributed by atoms with Gasteiger partial charge in [0.05, 0.1) is 0 Å². The van der Waals surface area contributed by atoms with Crippen molar-refractivity contribution in [3.05, 3.63) is 64.2 Å². The molecule has 0 spiro atoms. The highest BCUT2D eigenvalue weighted by Gasteiger charge is 2.40. The highest BCUT2D eigenvalue weighted by atomic mass is 35.5. The van der Waals surface area contributed by atoms with Crippen LogP contribution in [0.5, 0.6) is 5.75 Å². The van der Waals surface area contributed by atoms with Crippen LogP contribution >= 0.6 is 11.6 Å². The van der Waals surface area contributed by atoms with Gasteiger partial charge >= 0.3 is 6.36 Å². The molecule has 1 aliphatic heterocycles. The maximum atomic E-state index is 12.8. The number of nitrogens with zero attached hydrogens (tertiary/aromatic N) is 2. The van der Waals surface area contributed by atoms with Gasteiger partial charge in [0, 0.05) is 23.7 Å². The van der Waals surface area contributed by atoms with Crippen LogP contribution < -0.4 is 15.8 Å². The molecule has 2 amide bonds. The number of ether oxygens (including phenoxy) is 1. The Balaban J connectivity index is 1.55. The Hall–Kier alpha value is -3.51. The van der Waals surface area contributed by atoms with E-state index in [0.29, 0.717) is 18.6 Å². The zero-order valence-electron chi connectivity index (χ0n) is 20.5. The molecular weight excluding hydrogens is 529 g/mol. The number of aliphatic hydroxyl groups excluding tert-OH is 1. The average Bonchev–Trinajstić information content (AvgIpc) is 2.83. The molecule has 38 heavy (non-hydrogen) atoms. The Labute approximate surface area is 222 Å². The van der Waals surface area contributed by atoms with Crippen LogP contribution in [-0.4, -0.2) is 53.2 Å². The SMILES string of the molecule is CCCCO/N=C(\N)c1ccc(CNC(=O)[C@@H]2CCN2C(=O)[C@H](O)c2cc(Cl)cc(OC(F)(F)F)c2)cc1. The molecular formula is C25H28ClF3N4O5. The molecule has 1 heterocycles. The van der Waals surface area contributed by atoms with Crippen molar-refractivity contribution in [1.82, 2.24) is 10.2 Å². The van der Waals surface area contributed by atoms with Crippen molar-refractivity contribution in [2.45, 2.75) is 51.2 Å². The molecule has 206 valence electrons. The summed E-state index contributed by atoms with van der Waals surface area (Å²) in [5, 5.41) is 16.9. The lowest BCUT2D eigenvalue weighted by Crippen LogP contribution is -2.59. The largest absolute Gasteiger partial charge is 0.573 e. The van der Waals surface area contributed by atoms with E-state index in [4.69, 9.17) is 22.2 Å². The van der Waals surface area contributed by atoms with E-state index in [9.17, 15) is 27.9 Å². The van der Waals surface area contributed by atoms with Crippen LogP contribution in [-0.2, 0) is 21.0 Å². The van der Waals surface area contributed by atoms with E-state index >= 15 is 0 Å². The summed E-state index contributed by atoms with van der Waals surface area (Å²) in [4.78, 5) is 31.8. The van der Waals surface area contributed by atoms with Gasteiger partial charge in [0.2, 0.25) is 5.91 Å². The van der Waals surface area contributed by atoms with Gasteiger partial charge < -0.3 is 30.6 Å². The van der Waals surface area contributed by atoms with Crippen LogP contribution in [0.4, 0.5) is 13.2 Å². The minimum absolute atomic E-state index is 0.158. The van der Waals surface area contributed by atoms with Gasteiger partial charge in [0.1, 0.15) is 18.4 Å². The summed E-state index contributed by atoms with van der Waals surface area (Å²) in [5.74, 6) is -1.71. The van der Waals surface area contributed by atoms with E-state index in [1.807, 2.05) is 6.92 Å². The quantitative estimate of drug-likeness (QED) is 0.168. The summed E-state index contributed by atoms with van der Waals surface area (Å²) in [6.45, 7) is 2.89. The first-order valence-corrected chi connectivity index (χ1v) is 12.2. The van der Waals surface area contributed by atoms with Gasteiger partial charge in [-0.2, -0.15) is 0 Å². The van der Waals surface area contributed by atoms with Crippen molar-refractivity contribution in [3.63, 3.8) is 0 Å². The van der Waals surface area contributed by atoms with Crippen LogP contribution in [0.2, 0.25) is 5.02 Å². The predicted molar refractivity (Wildman–Crippen MR) is 133 cm³/mol. The molecule has 0 aromatic heterocycles. The minimum atomic E-state index is -4.97. The molecule has 2 aromatic carbocycles. The summed E-state index contributed by atoms with van der Waals surface area (Å²) in [7, 11) is 0. The van der Waals surface area contributed by atoms with Gasteiger partial charge in [0.15, 0.2) is 11.9 Å². The summed E-state index contributed by atoms with van der Waals surface area (Å²) < 4.78 is 41.5. The molecule has 0 radical (unpaired) electrons. The lowest BCUT2D eigenvalue weighted by Gasteiger charge is -2.40. The van der Waals surface area contributed by atoms with Gasteiger partial charge in [0.25, 0.3) is 5.91 Å². The van der Waals surface area contributed by atoms with E-state index in [0.717, 1.165) is 41.5 Å². The number of aliphatic hydroxyl groups is 1. The van der Waals surface area contributed by atoms with Crippen LogP contribution in [0.15, 0.2) is 47.6 Å². The van der Waals surface area contributed by atoms with Crippen molar-refractivity contribution in [2.24, 2.45) is 10.9 Å². The Kier molecular flexibility index (Phi) is 9.81. The van der Waals surface area contributed by atoms with E-state index in [2.05, 4.69) is 15.2 Å². The zero-order valence-corrected chi connectivity index (χ0v) is 21.3. The number of carbonyl (C=O) groups is 2. The molecule has 0 saturated carbocycles. The minimum Gasteiger partial charge on any atom is -0.406 e. The van der Waals surface area contributed by atoms with Crippen LogP contribution in [0.3, 0.4) is 0 Å². The Morgan fingerprint density at radius 2 is 1.97 bits per heavy atom. The lowest BCUT2D eigenvalue weighted by atomic mass is 9.98. The fourth-order valence-electron chi connectivity index (χ4n) is 3.64. The average molecular weight is 557 g/mol. The number of likely N-dealkylation sites (tertiary alicyclic amines) is 1. The van der Waals surface area contributed by atoms with Gasteiger partial charge in [-0.15, -0.1) is 13.2 Å². The second kappa shape index (κ2) is 12.8. The molecule has 0 aliphatic carbocycles.